The van der Waals surface area contributed by atoms with Crippen LogP contribution in [0.15, 0.2) is 89.6 Å². The molecule has 2 aliphatic heterocycles. The van der Waals surface area contributed by atoms with Crippen LogP contribution >= 0.6 is 23.4 Å². The third-order valence-corrected chi connectivity index (χ3v) is 6.89. The lowest BCUT2D eigenvalue weighted by Gasteiger charge is -2.39. The third kappa shape index (κ3) is 3.10. The Hall–Kier alpha value is -3.22. The zero-order chi connectivity index (χ0) is 21.7. The number of benzene rings is 3. The van der Waals surface area contributed by atoms with Gasteiger partial charge in [-0.25, -0.2) is 4.68 Å². The molecule has 32 heavy (non-hydrogen) atoms. The number of thioether (sulfide) groups is 1. The Bertz CT molecular complexity index is 1330. The monoisotopic (exact) mass is 458 g/mol. The summed E-state index contributed by atoms with van der Waals surface area (Å²) in [6.07, 6.45) is 3.37. The van der Waals surface area contributed by atoms with Gasteiger partial charge in [-0.2, -0.15) is 10.1 Å². The zero-order valence-electron chi connectivity index (χ0n) is 17.2. The summed E-state index contributed by atoms with van der Waals surface area (Å²) in [7, 11) is 0. The maximum absolute atomic E-state index is 6.63. The van der Waals surface area contributed by atoms with Gasteiger partial charge in [0, 0.05) is 21.1 Å². The van der Waals surface area contributed by atoms with E-state index in [-0.39, 0.29) is 12.1 Å². The van der Waals surface area contributed by atoms with Crippen LogP contribution in [0.1, 0.15) is 28.8 Å². The second-order valence-corrected chi connectivity index (χ2v) is 9.02. The fourth-order valence-corrected chi connectivity index (χ4v) is 5.03. The molecule has 0 spiro atoms. The van der Waals surface area contributed by atoms with Gasteiger partial charge in [0.15, 0.2) is 0 Å². The summed E-state index contributed by atoms with van der Waals surface area (Å²) in [5.41, 5.74) is 5.19. The van der Waals surface area contributed by atoms with Crippen LogP contribution in [-0.4, -0.2) is 21.0 Å². The molecule has 5 nitrogen and oxygen atoms in total. The van der Waals surface area contributed by atoms with Gasteiger partial charge in [0.2, 0.25) is 5.95 Å². The molecule has 7 heteroatoms. The van der Waals surface area contributed by atoms with E-state index in [1.54, 1.807) is 18.1 Å². The normalized spacial score (nSPS) is 18.8. The summed E-state index contributed by atoms with van der Waals surface area (Å²) in [6, 6.07) is 24.5. The Labute approximate surface area is 195 Å². The van der Waals surface area contributed by atoms with Gasteiger partial charge in [0.05, 0.1) is 5.70 Å². The number of hydrogen-bond donors (Lipinski definition) is 1. The second kappa shape index (κ2) is 7.73. The third-order valence-electron chi connectivity index (χ3n) is 5.91. The predicted octanol–water partition coefficient (Wildman–Crippen LogP) is 6.21. The van der Waals surface area contributed by atoms with Crippen LogP contribution in [0.25, 0.3) is 5.70 Å². The highest BCUT2D eigenvalue weighted by Crippen LogP contribution is 2.51. The standard InChI is InChI=1S/C25H19ClN4OS/c1-32-18-10-7-16(8-11-18)24-21-22(19-13-17(26)9-12-20(19)31-24)29-25-27-14-28-30(25)23(21)15-5-3-2-4-6-15/h2-14,23-24H,1H3,(H,27,28,29)/t23-,24-/m1/s1. The topological polar surface area (TPSA) is 52.0 Å². The molecule has 4 aromatic rings. The second-order valence-electron chi connectivity index (χ2n) is 7.71. The van der Waals surface area contributed by atoms with Crippen molar-refractivity contribution in [1.29, 1.82) is 0 Å². The molecule has 0 saturated carbocycles. The van der Waals surface area contributed by atoms with E-state index in [9.17, 15) is 0 Å². The number of aromatic nitrogens is 3. The van der Waals surface area contributed by atoms with Crippen molar-refractivity contribution in [2.75, 3.05) is 11.6 Å². The Balaban J connectivity index is 1.61. The van der Waals surface area contributed by atoms with E-state index in [1.807, 2.05) is 41.1 Å². The van der Waals surface area contributed by atoms with Gasteiger partial charge in [-0.05, 0) is 47.7 Å². The van der Waals surface area contributed by atoms with Gasteiger partial charge in [0.1, 0.15) is 24.2 Å². The molecule has 0 bridgehead atoms. The molecule has 6 rings (SSSR count). The average molecular weight is 459 g/mol. The van der Waals surface area contributed by atoms with E-state index < -0.39 is 0 Å². The summed E-state index contributed by atoms with van der Waals surface area (Å²) in [5, 5.41) is 8.73. The molecule has 0 aliphatic carbocycles. The largest absolute Gasteiger partial charge is 0.480 e. The van der Waals surface area contributed by atoms with Crippen LogP contribution in [0.2, 0.25) is 5.02 Å². The zero-order valence-corrected chi connectivity index (χ0v) is 18.8. The van der Waals surface area contributed by atoms with E-state index in [1.165, 1.54) is 4.90 Å². The van der Waals surface area contributed by atoms with Crippen molar-refractivity contribution < 1.29 is 4.74 Å². The SMILES string of the molecule is CSc1ccc([C@H]2Oc3ccc(Cl)cc3C3=C2[C@@H](c2ccccc2)n2ncnc2N3)cc1. The number of hydrogen-bond acceptors (Lipinski definition) is 5. The van der Waals surface area contributed by atoms with Gasteiger partial charge in [-0.3, -0.25) is 0 Å². The lowest BCUT2D eigenvalue weighted by molar-refractivity contribution is 0.223. The van der Waals surface area contributed by atoms with Crippen LogP contribution in [0.5, 0.6) is 5.75 Å². The van der Waals surface area contributed by atoms with E-state index in [0.717, 1.165) is 33.7 Å². The molecule has 2 atom stereocenters. The molecule has 2 aliphatic rings. The van der Waals surface area contributed by atoms with Crippen LogP contribution in [-0.2, 0) is 0 Å². The number of rotatable bonds is 3. The number of ether oxygens (including phenoxy) is 1. The van der Waals surface area contributed by atoms with E-state index >= 15 is 0 Å². The van der Waals surface area contributed by atoms with Crippen LogP contribution < -0.4 is 10.1 Å². The predicted molar refractivity (Wildman–Crippen MR) is 128 cm³/mol. The molecule has 158 valence electrons. The number of halogens is 1. The fourth-order valence-electron chi connectivity index (χ4n) is 4.45. The average Bonchev–Trinajstić information content (AvgIpc) is 3.31. The molecule has 1 N–H and O–H groups in total. The molecule has 0 unspecified atom stereocenters. The van der Waals surface area contributed by atoms with Crippen LogP contribution in [0.3, 0.4) is 0 Å². The van der Waals surface area contributed by atoms with Gasteiger partial charge in [-0.15, -0.1) is 11.8 Å². The van der Waals surface area contributed by atoms with Crippen molar-refractivity contribution in [3.8, 4) is 5.75 Å². The highest BCUT2D eigenvalue weighted by Gasteiger charge is 2.40. The Morgan fingerprint density at radius 3 is 2.59 bits per heavy atom. The Morgan fingerprint density at radius 2 is 1.81 bits per heavy atom. The number of fused-ring (bicyclic) bond motifs is 3. The van der Waals surface area contributed by atoms with Crippen molar-refractivity contribution in [2.24, 2.45) is 0 Å². The molecular weight excluding hydrogens is 440 g/mol. The van der Waals surface area contributed by atoms with Crippen molar-refractivity contribution >= 4 is 35.0 Å². The first-order valence-electron chi connectivity index (χ1n) is 10.3. The highest BCUT2D eigenvalue weighted by atomic mass is 35.5. The maximum atomic E-state index is 6.63. The smallest absolute Gasteiger partial charge is 0.226 e. The lowest BCUT2D eigenvalue weighted by atomic mass is 9.84. The fraction of sp³-hybridized carbons (Fsp3) is 0.120. The highest BCUT2D eigenvalue weighted by molar-refractivity contribution is 7.98. The number of anilines is 1. The van der Waals surface area contributed by atoms with Crippen LogP contribution in [0.4, 0.5) is 5.95 Å². The minimum Gasteiger partial charge on any atom is -0.480 e. The van der Waals surface area contributed by atoms with Crippen molar-refractivity contribution in [3.63, 3.8) is 0 Å². The van der Waals surface area contributed by atoms with E-state index in [4.69, 9.17) is 16.3 Å². The molecule has 0 fully saturated rings. The van der Waals surface area contributed by atoms with Crippen molar-refractivity contribution in [2.45, 2.75) is 17.0 Å². The van der Waals surface area contributed by atoms with Crippen molar-refractivity contribution in [1.82, 2.24) is 14.8 Å². The van der Waals surface area contributed by atoms with Crippen molar-refractivity contribution in [3.05, 3.63) is 106 Å². The van der Waals surface area contributed by atoms with E-state index in [0.29, 0.717) is 11.0 Å². The first kappa shape index (κ1) is 19.5. The van der Waals surface area contributed by atoms with E-state index in [2.05, 4.69) is 58.1 Å². The molecular formula is C25H19ClN4OS. The number of nitrogens with one attached hydrogen (secondary N) is 1. The Kier molecular flexibility index (Phi) is 4.70. The minimum absolute atomic E-state index is 0.165. The molecule has 0 radical (unpaired) electrons. The van der Waals surface area contributed by atoms with Gasteiger partial charge < -0.3 is 10.1 Å². The summed E-state index contributed by atoms with van der Waals surface area (Å²) >= 11 is 8.11. The minimum atomic E-state index is -0.287. The summed E-state index contributed by atoms with van der Waals surface area (Å²) in [4.78, 5) is 5.68. The lowest BCUT2D eigenvalue weighted by Crippen LogP contribution is -2.32. The van der Waals surface area contributed by atoms with Gasteiger partial charge in [0.25, 0.3) is 0 Å². The quantitative estimate of drug-likeness (QED) is 0.370. The van der Waals surface area contributed by atoms with Crippen LogP contribution in [0, 0.1) is 0 Å². The molecule has 0 amide bonds. The van der Waals surface area contributed by atoms with Gasteiger partial charge in [-0.1, -0.05) is 54.1 Å². The Morgan fingerprint density at radius 1 is 1.00 bits per heavy atom. The molecule has 1 aromatic heterocycles. The molecule has 3 heterocycles. The van der Waals surface area contributed by atoms with Gasteiger partial charge >= 0.3 is 0 Å². The summed E-state index contributed by atoms with van der Waals surface area (Å²) < 4.78 is 8.56. The molecule has 3 aromatic carbocycles. The summed E-state index contributed by atoms with van der Waals surface area (Å²) in [5.74, 6) is 1.49. The summed E-state index contributed by atoms with van der Waals surface area (Å²) in [6.45, 7) is 0. The first-order chi connectivity index (χ1) is 15.7. The number of nitrogens with zero attached hydrogens (tertiary/aromatic N) is 3. The first-order valence-corrected chi connectivity index (χ1v) is 11.9. The molecule has 0 saturated heterocycles. The maximum Gasteiger partial charge on any atom is 0.226 e.